The van der Waals surface area contributed by atoms with Crippen molar-refractivity contribution in [1.29, 1.82) is 0 Å². The molecule has 1 N–H and O–H groups in total. The standard InChI is InChI=1S/C29H37N9O2S/c1-3-23-31-20-6-4-5-7-21(20)38(23)29-33-26(22-16-30-10-13-40-22)27-28(34-29)35(2)24(32-27)17-37-12-11-36(18-25(37)39)19-8-14-41-15-9-19/h4-7,19,22,30H,3,8-18H2,1-2H3. The Bertz CT molecular complexity index is 1570. The summed E-state index contributed by atoms with van der Waals surface area (Å²) in [6.45, 7) is 6.74. The number of hydrogen-bond acceptors (Lipinski definition) is 9. The van der Waals surface area contributed by atoms with Crippen LogP contribution in [0, 0.1) is 0 Å². The lowest BCUT2D eigenvalue weighted by atomic mass is 10.1. The van der Waals surface area contributed by atoms with Gasteiger partial charge in [-0.15, -0.1) is 0 Å². The second kappa shape index (κ2) is 11.3. The Labute approximate surface area is 243 Å². The Morgan fingerprint density at radius 1 is 1.07 bits per heavy atom. The maximum Gasteiger partial charge on any atom is 0.238 e. The van der Waals surface area contributed by atoms with E-state index in [1.807, 2.05) is 51.0 Å². The van der Waals surface area contributed by atoms with Crippen LogP contribution in [0.3, 0.4) is 0 Å². The molecule has 0 spiro atoms. The SMILES string of the molecule is CCc1nc2ccccc2n1-c1nc(C2CNCCO2)c2nc(CN3CCN(C4CCSCC4)CC3=O)n(C)c2n1. The molecule has 3 aliphatic rings. The molecule has 3 saturated heterocycles. The third-order valence-corrected chi connectivity index (χ3v) is 9.64. The molecule has 3 fully saturated rings. The molecule has 6 heterocycles. The zero-order valence-corrected chi connectivity index (χ0v) is 24.6. The Hall–Kier alpha value is -3.06. The number of rotatable bonds is 6. The van der Waals surface area contributed by atoms with Crippen molar-refractivity contribution >= 4 is 39.9 Å². The highest BCUT2D eigenvalue weighted by molar-refractivity contribution is 7.99. The lowest BCUT2D eigenvalue weighted by Crippen LogP contribution is -2.54. The van der Waals surface area contributed by atoms with Crippen LogP contribution in [0.15, 0.2) is 24.3 Å². The van der Waals surface area contributed by atoms with Crippen LogP contribution in [-0.2, 0) is 29.5 Å². The van der Waals surface area contributed by atoms with E-state index in [1.54, 1.807) is 0 Å². The quantitative estimate of drug-likeness (QED) is 0.371. The van der Waals surface area contributed by atoms with Crippen molar-refractivity contribution in [3.05, 3.63) is 41.6 Å². The predicted octanol–water partition coefficient (Wildman–Crippen LogP) is 2.47. The highest BCUT2D eigenvalue weighted by Gasteiger charge is 2.32. The van der Waals surface area contributed by atoms with Crippen molar-refractivity contribution in [2.75, 3.05) is 50.8 Å². The fraction of sp³-hybridized carbons (Fsp3) is 0.552. The van der Waals surface area contributed by atoms with Gasteiger partial charge in [-0.3, -0.25) is 14.3 Å². The molecule has 216 valence electrons. The van der Waals surface area contributed by atoms with Gasteiger partial charge in [-0.2, -0.15) is 16.7 Å². The number of morpholine rings is 1. The van der Waals surface area contributed by atoms with Crippen LogP contribution in [0.25, 0.3) is 28.1 Å². The summed E-state index contributed by atoms with van der Waals surface area (Å²) in [6.07, 6.45) is 2.86. The largest absolute Gasteiger partial charge is 0.369 e. The van der Waals surface area contributed by atoms with Crippen molar-refractivity contribution in [2.45, 2.75) is 44.9 Å². The van der Waals surface area contributed by atoms with E-state index in [2.05, 4.69) is 23.2 Å². The van der Waals surface area contributed by atoms with Gasteiger partial charge in [-0.05, 0) is 36.5 Å². The Balaban J connectivity index is 1.25. The van der Waals surface area contributed by atoms with Gasteiger partial charge in [0, 0.05) is 45.7 Å². The molecule has 12 heteroatoms. The number of hydrogen-bond donors (Lipinski definition) is 1. The average molecular weight is 576 g/mol. The van der Waals surface area contributed by atoms with Gasteiger partial charge < -0.3 is 19.5 Å². The van der Waals surface area contributed by atoms with Crippen LogP contribution in [-0.4, -0.2) is 102 Å². The molecule has 1 unspecified atom stereocenters. The average Bonchev–Trinajstić information content (AvgIpc) is 3.55. The van der Waals surface area contributed by atoms with Crippen LogP contribution in [0.4, 0.5) is 0 Å². The van der Waals surface area contributed by atoms with E-state index in [0.29, 0.717) is 44.8 Å². The highest BCUT2D eigenvalue weighted by Crippen LogP contribution is 2.29. The third kappa shape index (κ3) is 5.00. The van der Waals surface area contributed by atoms with Crippen LogP contribution in [0.2, 0.25) is 0 Å². The fourth-order valence-electron chi connectivity index (χ4n) is 6.29. The van der Waals surface area contributed by atoms with Crippen molar-refractivity contribution in [2.24, 2.45) is 7.05 Å². The number of carbonyl (C=O) groups excluding carboxylic acids is 1. The molecule has 1 aromatic carbocycles. The van der Waals surface area contributed by atoms with E-state index in [1.165, 1.54) is 24.3 Å². The molecule has 3 aromatic heterocycles. The predicted molar refractivity (Wildman–Crippen MR) is 159 cm³/mol. The number of fused-ring (bicyclic) bond motifs is 2. The molecule has 0 radical (unpaired) electrons. The molecular weight excluding hydrogens is 538 g/mol. The van der Waals surface area contributed by atoms with Gasteiger partial charge in [-0.1, -0.05) is 19.1 Å². The molecule has 0 saturated carbocycles. The lowest BCUT2D eigenvalue weighted by molar-refractivity contribution is -0.138. The van der Waals surface area contributed by atoms with Crippen molar-refractivity contribution < 1.29 is 9.53 Å². The topological polar surface area (TPSA) is 106 Å². The second-order valence-corrected chi connectivity index (χ2v) is 12.3. The van der Waals surface area contributed by atoms with E-state index < -0.39 is 0 Å². The molecule has 1 atom stereocenters. The minimum Gasteiger partial charge on any atom is -0.369 e. The normalized spacial score (nSPS) is 21.4. The van der Waals surface area contributed by atoms with Gasteiger partial charge in [0.1, 0.15) is 29.0 Å². The van der Waals surface area contributed by atoms with E-state index in [4.69, 9.17) is 24.7 Å². The smallest absolute Gasteiger partial charge is 0.238 e. The zero-order valence-electron chi connectivity index (χ0n) is 23.8. The Morgan fingerprint density at radius 2 is 1.93 bits per heavy atom. The Morgan fingerprint density at radius 3 is 2.71 bits per heavy atom. The molecular formula is C29H37N9O2S. The van der Waals surface area contributed by atoms with Gasteiger partial charge in [0.25, 0.3) is 0 Å². The van der Waals surface area contributed by atoms with Crippen LogP contribution in [0.1, 0.15) is 43.2 Å². The Kier molecular flexibility index (Phi) is 7.40. The molecule has 3 aliphatic heterocycles. The number of ether oxygens (including phenoxy) is 1. The van der Waals surface area contributed by atoms with Crippen molar-refractivity contribution in [3.63, 3.8) is 0 Å². The van der Waals surface area contributed by atoms with Crippen LogP contribution < -0.4 is 5.32 Å². The first kappa shape index (κ1) is 26.8. The summed E-state index contributed by atoms with van der Waals surface area (Å²) in [5, 5.41) is 3.43. The first-order valence-corrected chi connectivity index (χ1v) is 15.9. The van der Waals surface area contributed by atoms with Gasteiger partial charge in [-0.25, -0.2) is 15.0 Å². The molecule has 4 aromatic rings. The summed E-state index contributed by atoms with van der Waals surface area (Å²) in [7, 11) is 1.98. The van der Waals surface area contributed by atoms with Crippen LogP contribution >= 0.6 is 11.8 Å². The maximum atomic E-state index is 13.3. The summed E-state index contributed by atoms with van der Waals surface area (Å²) in [5.41, 5.74) is 4.12. The zero-order chi connectivity index (χ0) is 27.9. The number of nitrogens with one attached hydrogen (secondary N) is 1. The fourth-order valence-corrected chi connectivity index (χ4v) is 7.37. The van der Waals surface area contributed by atoms with Gasteiger partial charge in [0.2, 0.25) is 11.9 Å². The number of carbonyl (C=O) groups is 1. The van der Waals surface area contributed by atoms with E-state index in [9.17, 15) is 4.79 Å². The minimum absolute atomic E-state index is 0.172. The van der Waals surface area contributed by atoms with E-state index in [-0.39, 0.29) is 12.0 Å². The third-order valence-electron chi connectivity index (χ3n) is 8.59. The van der Waals surface area contributed by atoms with Gasteiger partial charge in [0.05, 0.1) is 30.7 Å². The molecule has 7 rings (SSSR count). The summed E-state index contributed by atoms with van der Waals surface area (Å²) in [6, 6.07) is 8.62. The summed E-state index contributed by atoms with van der Waals surface area (Å²) in [5.74, 6) is 4.83. The van der Waals surface area contributed by atoms with Crippen LogP contribution in [0.5, 0.6) is 0 Å². The number of imidazole rings is 2. The summed E-state index contributed by atoms with van der Waals surface area (Å²) in [4.78, 5) is 37.6. The molecule has 11 nitrogen and oxygen atoms in total. The maximum absolute atomic E-state index is 13.3. The van der Waals surface area contributed by atoms with Gasteiger partial charge >= 0.3 is 0 Å². The molecule has 1 amide bonds. The number of benzene rings is 1. The van der Waals surface area contributed by atoms with Crippen molar-refractivity contribution in [3.8, 4) is 5.95 Å². The highest BCUT2D eigenvalue weighted by atomic mass is 32.2. The molecule has 0 aliphatic carbocycles. The van der Waals surface area contributed by atoms with E-state index >= 15 is 0 Å². The summed E-state index contributed by atoms with van der Waals surface area (Å²) < 4.78 is 10.2. The van der Waals surface area contributed by atoms with Crippen molar-refractivity contribution in [1.82, 2.24) is 44.2 Å². The number of aryl methyl sites for hydroxylation is 2. The number of piperazine rings is 1. The number of amides is 1. The first-order chi connectivity index (χ1) is 20.1. The number of thioether (sulfide) groups is 1. The monoisotopic (exact) mass is 575 g/mol. The molecule has 41 heavy (non-hydrogen) atoms. The number of para-hydroxylation sites is 2. The lowest BCUT2D eigenvalue weighted by Gasteiger charge is -2.40. The van der Waals surface area contributed by atoms with Gasteiger partial charge in [0.15, 0.2) is 5.65 Å². The number of aromatic nitrogens is 6. The summed E-state index contributed by atoms with van der Waals surface area (Å²) >= 11 is 2.02. The second-order valence-electron chi connectivity index (χ2n) is 11.1. The number of nitrogens with zero attached hydrogens (tertiary/aromatic N) is 8. The first-order valence-electron chi connectivity index (χ1n) is 14.7. The molecule has 0 bridgehead atoms. The van der Waals surface area contributed by atoms with E-state index in [0.717, 1.165) is 59.1 Å². The minimum atomic E-state index is -0.241.